The summed E-state index contributed by atoms with van der Waals surface area (Å²) in [5.74, 6) is -0.466. The van der Waals surface area contributed by atoms with Crippen LogP contribution in [0.1, 0.15) is 0 Å². The lowest BCUT2D eigenvalue weighted by Gasteiger charge is -1.98. The van der Waals surface area contributed by atoms with Gasteiger partial charge < -0.3 is 10.1 Å². The Labute approximate surface area is 93.8 Å². The second kappa shape index (κ2) is 3.60. The number of benzene rings is 1. The van der Waals surface area contributed by atoms with Gasteiger partial charge in [0.1, 0.15) is 5.52 Å². The van der Waals surface area contributed by atoms with Crippen LogP contribution in [0.5, 0.6) is 0 Å². The predicted octanol–water partition coefficient (Wildman–Crippen LogP) is 2.84. The third-order valence-electron chi connectivity index (χ3n) is 1.82. The van der Waals surface area contributed by atoms with Gasteiger partial charge in [-0.1, -0.05) is 23.2 Å². The summed E-state index contributed by atoms with van der Waals surface area (Å²) in [5, 5.41) is 18.4. The molecular formula is C8H3Cl2N3O2. The first-order chi connectivity index (χ1) is 7.09. The van der Waals surface area contributed by atoms with Crippen molar-refractivity contribution in [3.63, 3.8) is 0 Å². The van der Waals surface area contributed by atoms with Crippen LogP contribution in [0.15, 0.2) is 18.2 Å². The molecule has 76 valence electrons. The number of fused-ring (bicyclic) bond motifs is 1. The van der Waals surface area contributed by atoms with Crippen LogP contribution in [0.3, 0.4) is 0 Å². The Balaban J connectivity index is 2.82. The van der Waals surface area contributed by atoms with Crippen LogP contribution in [0, 0.1) is 10.1 Å². The Morgan fingerprint density at radius 2 is 2.00 bits per heavy atom. The van der Waals surface area contributed by atoms with Crippen LogP contribution in [-0.2, 0) is 0 Å². The van der Waals surface area contributed by atoms with Crippen molar-refractivity contribution in [2.24, 2.45) is 0 Å². The van der Waals surface area contributed by atoms with Gasteiger partial charge in [-0.2, -0.15) is 0 Å². The maximum absolute atomic E-state index is 10.5. The summed E-state index contributed by atoms with van der Waals surface area (Å²) >= 11 is 11.6. The van der Waals surface area contributed by atoms with E-state index in [1.165, 1.54) is 6.07 Å². The molecule has 0 aliphatic heterocycles. The monoisotopic (exact) mass is 243 g/mol. The summed E-state index contributed by atoms with van der Waals surface area (Å²) in [6, 6.07) is 4.72. The van der Waals surface area contributed by atoms with E-state index in [-0.39, 0.29) is 5.02 Å². The Morgan fingerprint density at radius 3 is 2.67 bits per heavy atom. The predicted molar refractivity (Wildman–Crippen MR) is 56.2 cm³/mol. The molecule has 0 spiro atoms. The van der Waals surface area contributed by atoms with Gasteiger partial charge in [-0.05, 0) is 28.2 Å². The molecule has 1 aromatic heterocycles. The summed E-state index contributed by atoms with van der Waals surface area (Å²) in [4.78, 5) is 9.85. The van der Waals surface area contributed by atoms with Crippen LogP contribution in [0.2, 0.25) is 10.0 Å². The van der Waals surface area contributed by atoms with Gasteiger partial charge in [0.2, 0.25) is 0 Å². The van der Waals surface area contributed by atoms with Crippen LogP contribution in [0.4, 0.5) is 5.82 Å². The first kappa shape index (κ1) is 10.1. The molecule has 2 rings (SSSR count). The molecule has 0 N–H and O–H groups in total. The van der Waals surface area contributed by atoms with Gasteiger partial charge in [-0.25, -0.2) is 0 Å². The van der Waals surface area contributed by atoms with Crippen molar-refractivity contribution in [2.45, 2.75) is 0 Å². The lowest BCUT2D eigenvalue weighted by Crippen LogP contribution is -1.96. The van der Waals surface area contributed by atoms with Crippen LogP contribution < -0.4 is 0 Å². The SMILES string of the molecule is O=[N+]([O-])c1nnc2ccc(Cl)cc2c1Cl. The van der Waals surface area contributed by atoms with Gasteiger partial charge in [0, 0.05) is 10.4 Å². The number of aromatic nitrogens is 2. The number of halogens is 2. The smallest absolute Gasteiger partial charge is 0.358 e. The van der Waals surface area contributed by atoms with Crippen LogP contribution >= 0.6 is 23.2 Å². The highest BCUT2D eigenvalue weighted by Gasteiger charge is 2.18. The topological polar surface area (TPSA) is 68.9 Å². The fraction of sp³-hybridized carbons (Fsp3) is 0. The third-order valence-corrected chi connectivity index (χ3v) is 2.42. The van der Waals surface area contributed by atoms with Crippen molar-refractivity contribution in [1.29, 1.82) is 0 Å². The van der Waals surface area contributed by atoms with E-state index in [1.54, 1.807) is 12.1 Å². The molecule has 7 heteroatoms. The normalized spacial score (nSPS) is 10.5. The zero-order valence-electron chi connectivity index (χ0n) is 7.15. The molecule has 15 heavy (non-hydrogen) atoms. The quantitative estimate of drug-likeness (QED) is 0.571. The number of nitrogens with zero attached hydrogens (tertiary/aromatic N) is 3. The van der Waals surface area contributed by atoms with E-state index in [0.717, 1.165) is 0 Å². The largest absolute Gasteiger partial charge is 0.410 e. The van der Waals surface area contributed by atoms with Gasteiger partial charge >= 0.3 is 5.82 Å². The minimum atomic E-state index is -0.685. The highest BCUT2D eigenvalue weighted by molar-refractivity contribution is 6.38. The van der Waals surface area contributed by atoms with E-state index in [0.29, 0.717) is 15.9 Å². The average Bonchev–Trinajstić information content (AvgIpc) is 2.19. The molecule has 5 nitrogen and oxygen atoms in total. The van der Waals surface area contributed by atoms with Crippen molar-refractivity contribution in [3.8, 4) is 0 Å². The Kier molecular flexibility index (Phi) is 2.42. The molecule has 0 aliphatic carbocycles. The second-order valence-electron chi connectivity index (χ2n) is 2.76. The van der Waals surface area contributed by atoms with Gasteiger partial charge in [0.05, 0.1) is 5.10 Å². The molecule has 0 atom stereocenters. The summed E-state index contributed by atoms with van der Waals surface area (Å²) < 4.78 is 0. The number of nitro groups is 1. The maximum Gasteiger partial charge on any atom is 0.410 e. The van der Waals surface area contributed by atoms with E-state index in [1.807, 2.05) is 0 Å². The zero-order chi connectivity index (χ0) is 11.0. The lowest BCUT2D eigenvalue weighted by atomic mass is 10.2. The Hall–Kier alpha value is -1.46. The maximum atomic E-state index is 10.5. The molecule has 0 saturated carbocycles. The molecule has 0 unspecified atom stereocenters. The molecule has 0 fully saturated rings. The number of hydrogen-bond donors (Lipinski definition) is 0. The molecule has 0 amide bonds. The number of hydrogen-bond acceptors (Lipinski definition) is 4. The van der Waals surface area contributed by atoms with Crippen molar-refractivity contribution in [3.05, 3.63) is 38.4 Å². The summed E-state index contributed by atoms with van der Waals surface area (Å²) in [7, 11) is 0. The van der Waals surface area contributed by atoms with Crippen molar-refractivity contribution < 1.29 is 4.92 Å². The van der Waals surface area contributed by atoms with Gasteiger partial charge in [-0.15, -0.1) is 0 Å². The van der Waals surface area contributed by atoms with Crippen LogP contribution in [-0.4, -0.2) is 15.1 Å². The van der Waals surface area contributed by atoms with E-state index in [2.05, 4.69) is 10.2 Å². The molecule has 0 aliphatic rings. The van der Waals surface area contributed by atoms with Crippen molar-refractivity contribution in [1.82, 2.24) is 10.2 Å². The second-order valence-corrected chi connectivity index (χ2v) is 3.57. The number of rotatable bonds is 1. The highest BCUT2D eigenvalue weighted by atomic mass is 35.5. The van der Waals surface area contributed by atoms with E-state index in [9.17, 15) is 10.1 Å². The molecule has 0 radical (unpaired) electrons. The van der Waals surface area contributed by atoms with E-state index >= 15 is 0 Å². The summed E-state index contributed by atoms with van der Waals surface area (Å²) in [5.41, 5.74) is 0.468. The minimum Gasteiger partial charge on any atom is -0.358 e. The Morgan fingerprint density at radius 1 is 1.27 bits per heavy atom. The summed E-state index contributed by atoms with van der Waals surface area (Å²) in [6.45, 7) is 0. The van der Waals surface area contributed by atoms with Crippen molar-refractivity contribution in [2.75, 3.05) is 0 Å². The highest BCUT2D eigenvalue weighted by Crippen LogP contribution is 2.30. The first-order valence-corrected chi connectivity index (χ1v) is 4.61. The fourth-order valence-corrected chi connectivity index (χ4v) is 1.58. The molecule has 2 aromatic rings. The first-order valence-electron chi connectivity index (χ1n) is 3.85. The van der Waals surface area contributed by atoms with Gasteiger partial charge in [-0.3, -0.25) is 0 Å². The Bertz CT molecular complexity index is 559. The minimum absolute atomic E-state index is 0.0486. The fourth-order valence-electron chi connectivity index (χ4n) is 1.15. The summed E-state index contributed by atoms with van der Waals surface area (Å²) in [6.07, 6.45) is 0. The standard InChI is InChI=1S/C8H3Cl2N3O2/c9-4-1-2-6-5(3-4)7(10)8(12-11-6)13(14)15/h1-3H. The molecule has 0 bridgehead atoms. The molecule has 0 saturated heterocycles. The zero-order valence-corrected chi connectivity index (χ0v) is 8.66. The average molecular weight is 244 g/mol. The van der Waals surface area contributed by atoms with Gasteiger partial charge in [0.15, 0.2) is 5.02 Å². The third kappa shape index (κ3) is 1.71. The van der Waals surface area contributed by atoms with E-state index < -0.39 is 10.7 Å². The molecular weight excluding hydrogens is 241 g/mol. The van der Waals surface area contributed by atoms with Gasteiger partial charge in [0.25, 0.3) is 0 Å². The molecule has 1 heterocycles. The van der Waals surface area contributed by atoms with Crippen LogP contribution in [0.25, 0.3) is 10.9 Å². The lowest BCUT2D eigenvalue weighted by molar-refractivity contribution is -0.389. The van der Waals surface area contributed by atoms with Crippen molar-refractivity contribution >= 4 is 39.9 Å². The van der Waals surface area contributed by atoms with E-state index in [4.69, 9.17) is 23.2 Å². The molecule has 1 aromatic carbocycles.